The van der Waals surface area contributed by atoms with Crippen molar-refractivity contribution >= 4 is 17.7 Å². The van der Waals surface area contributed by atoms with Gasteiger partial charge in [-0.2, -0.15) is 0 Å². The van der Waals surface area contributed by atoms with E-state index in [-0.39, 0.29) is 17.5 Å². The highest BCUT2D eigenvalue weighted by Gasteiger charge is 2.43. The smallest absolute Gasteiger partial charge is 0.276 e. The topological polar surface area (TPSA) is 67.8 Å². The molecule has 0 spiro atoms. The molecule has 0 radical (unpaired) electrons. The zero-order chi connectivity index (χ0) is 31.6. The number of piperidine rings is 2. The molecule has 1 unspecified atom stereocenters. The van der Waals surface area contributed by atoms with Gasteiger partial charge in [-0.05, 0) is 121 Å². The molecule has 7 rings (SSSR count). The van der Waals surface area contributed by atoms with Gasteiger partial charge in [-0.15, -0.1) is 0 Å². The molecule has 2 saturated heterocycles. The zero-order valence-corrected chi connectivity index (χ0v) is 27.4. The molecule has 0 saturated carbocycles. The van der Waals surface area contributed by atoms with E-state index in [1.165, 1.54) is 0 Å². The first kappa shape index (κ1) is 32.3. The summed E-state index contributed by atoms with van der Waals surface area (Å²) in [5.74, 6) is -1.80. The standard InChI is InChI=1S/C36H52F2N6O/c1-25(2)43-20-12-27(13-21-43)31-23-32-33-39-24-40-34(32)44(35(31)45)17-8-6-4-5-7-16-42-18-14-29(15-19-42)36(37,38)30-11-9-10-28(22-30)26(3)41-33/h9-11,22-27,29,35,45H,4-8,12-21H2,1-3H3,(H,39,40,41)/t26-,35?/m1/s1. The van der Waals surface area contributed by atoms with E-state index < -0.39 is 18.1 Å². The van der Waals surface area contributed by atoms with Gasteiger partial charge in [-0.1, -0.05) is 37.5 Å². The predicted molar refractivity (Wildman–Crippen MR) is 177 cm³/mol. The minimum atomic E-state index is -2.87. The number of likely N-dealkylation sites (tertiary alicyclic amines) is 1. The lowest BCUT2D eigenvalue weighted by atomic mass is 9.84. The number of aromatic nitrogens is 2. The van der Waals surface area contributed by atoms with Crippen molar-refractivity contribution in [3.05, 3.63) is 52.9 Å². The first-order valence-electron chi connectivity index (χ1n) is 17.4. The Bertz CT molecular complexity index is 1320. The number of fused-ring (bicyclic) bond motifs is 9. The molecule has 5 aliphatic heterocycles. The third-order valence-electron chi connectivity index (χ3n) is 10.9. The molecule has 2 atom stereocenters. The van der Waals surface area contributed by atoms with Crippen molar-refractivity contribution in [3.8, 4) is 0 Å². The summed E-state index contributed by atoms with van der Waals surface area (Å²) in [4.78, 5) is 16.3. The van der Waals surface area contributed by atoms with Gasteiger partial charge in [-0.25, -0.2) is 18.7 Å². The van der Waals surface area contributed by atoms with Crippen LogP contribution in [-0.4, -0.2) is 76.4 Å². The average molecular weight is 623 g/mol. The zero-order valence-electron chi connectivity index (χ0n) is 27.4. The number of aliphatic hydroxyl groups excluding tert-OH is 1. The highest BCUT2D eigenvalue weighted by molar-refractivity contribution is 5.79. The molecular weight excluding hydrogens is 570 g/mol. The van der Waals surface area contributed by atoms with Crippen molar-refractivity contribution in [2.24, 2.45) is 11.8 Å². The lowest BCUT2D eigenvalue weighted by molar-refractivity contribution is -0.0855. The van der Waals surface area contributed by atoms with E-state index in [0.29, 0.717) is 24.7 Å². The van der Waals surface area contributed by atoms with Crippen LogP contribution in [0, 0.1) is 11.8 Å². The fourth-order valence-corrected chi connectivity index (χ4v) is 7.91. The van der Waals surface area contributed by atoms with Gasteiger partial charge in [-0.3, -0.25) is 0 Å². The summed E-state index contributed by atoms with van der Waals surface area (Å²) in [6.45, 7) is 11.7. The Balaban J connectivity index is 1.32. The van der Waals surface area contributed by atoms with Gasteiger partial charge in [0.1, 0.15) is 18.0 Å². The minimum Gasteiger partial charge on any atom is -0.370 e. The second kappa shape index (κ2) is 14.0. The number of benzene rings is 1. The number of alkyl halides is 2. The van der Waals surface area contributed by atoms with Gasteiger partial charge in [0.05, 0.1) is 5.56 Å². The van der Waals surface area contributed by atoms with Crippen molar-refractivity contribution in [2.45, 2.75) is 103 Å². The third kappa shape index (κ3) is 7.05. The number of anilines is 2. The van der Waals surface area contributed by atoms with E-state index in [0.717, 1.165) is 107 Å². The largest absolute Gasteiger partial charge is 0.370 e. The fraction of sp³-hybridized carbons (Fsp3) is 0.667. The summed E-state index contributed by atoms with van der Waals surface area (Å²) in [5.41, 5.74) is 2.84. The summed E-state index contributed by atoms with van der Waals surface area (Å²) < 4.78 is 31.8. The number of hydrogen-bond donors (Lipinski definition) is 2. The number of nitrogens with one attached hydrogen (secondary N) is 1. The van der Waals surface area contributed by atoms with Crippen LogP contribution in [0.5, 0.6) is 0 Å². The minimum absolute atomic E-state index is 0.104. The van der Waals surface area contributed by atoms with E-state index in [2.05, 4.69) is 44.9 Å². The Morgan fingerprint density at radius 1 is 0.911 bits per heavy atom. The molecule has 2 aromatic rings. The molecule has 246 valence electrons. The SMILES string of the molecule is CC(C)N1CCC(C2=Cc3c4ncnc3N(CCCCCCCN3CCC(CC3)C(F)(F)c3cccc(c3)[C@@H](C)N4)C2O)CC1. The van der Waals surface area contributed by atoms with E-state index in [1.54, 1.807) is 24.5 Å². The molecule has 9 heteroatoms. The first-order valence-corrected chi connectivity index (χ1v) is 17.4. The maximum atomic E-state index is 15.9. The molecule has 45 heavy (non-hydrogen) atoms. The van der Waals surface area contributed by atoms with E-state index in [9.17, 15) is 5.11 Å². The number of halogens is 2. The molecule has 2 fully saturated rings. The Kier molecular flexibility index (Phi) is 10.1. The van der Waals surface area contributed by atoms with E-state index >= 15 is 8.78 Å². The van der Waals surface area contributed by atoms with Crippen molar-refractivity contribution in [1.82, 2.24) is 19.8 Å². The molecule has 2 N–H and O–H groups in total. The summed E-state index contributed by atoms with van der Waals surface area (Å²) >= 11 is 0. The van der Waals surface area contributed by atoms with Crippen LogP contribution in [0.1, 0.15) is 101 Å². The molecule has 6 heterocycles. The third-order valence-corrected chi connectivity index (χ3v) is 10.9. The van der Waals surface area contributed by atoms with Crippen LogP contribution >= 0.6 is 0 Å². The van der Waals surface area contributed by atoms with Gasteiger partial charge in [0.25, 0.3) is 5.92 Å². The van der Waals surface area contributed by atoms with Crippen molar-refractivity contribution in [2.75, 3.05) is 49.5 Å². The van der Waals surface area contributed by atoms with Crippen molar-refractivity contribution < 1.29 is 13.9 Å². The first-order chi connectivity index (χ1) is 21.7. The number of aliphatic hydroxyl groups is 1. The Hall–Kier alpha value is -2.62. The molecule has 7 nitrogen and oxygen atoms in total. The summed E-state index contributed by atoms with van der Waals surface area (Å²) in [5, 5.41) is 15.4. The van der Waals surface area contributed by atoms with Crippen LogP contribution in [-0.2, 0) is 5.92 Å². The molecule has 1 aromatic heterocycles. The van der Waals surface area contributed by atoms with Crippen LogP contribution < -0.4 is 10.2 Å². The normalized spacial score (nSPS) is 28.7. The maximum Gasteiger partial charge on any atom is 0.276 e. The fourth-order valence-electron chi connectivity index (χ4n) is 7.91. The van der Waals surface area contributed by atoms with Crippen molar-refractivity contribution in [1.29, 1.82) is 0 Å². The highest BCUT2D eigenvalue weighted by atomic mass is 19.3. The van der Waals surface area contributed by atoms with E-state index in [1.807, 2.05) is 13.0 Å². The summed E-state index contributed by atoms with van der Waals surface area (Å²) in [6, 6.07) is 7.22. The molecular formula is C36H52F2N6O. The predicted octanol–water partition coefficient (Wildman–Crippen LogP) is 7.06. The highest BCUT2D eigenvalue weighted by Crippen LogP contribution is 2.43. The second-order valence-electron chi connectivity index (χ2n) is 14.1. The molecule has 5 aliphatic rings. The summed E-state index contributed by atoms with van der Waals surface area (Å²) in [7, 11) is 0. The second-order valence-corrected chi connectivity index (χ2v) is 14.1. The lowest BCUT2D eigenvalue weighted by Gasteiger charge is -2.41. The quantitative estimate of drug-likeness (QED) is 0.372. The van der Waals surface area contributed by atoms with Crippen LogP contribution in [0.4, 0.5) is 20.4 Å². The van der Waals surface area contributed by atoms with Crippen LogP contribution in [0.2, 0.25) is 0 Å². The van der Waals surface area contributed by atoms with Gasteiger partial charge in [0, 0.05) is 30.1 Å². The molecule has 8 bridgehead atoms. The van der Waals surface area contributed by atoms with Gasteiger partial charge in [0.15, 0.2) is 6.23 Å². The number of hydrogen-bond acceptors (Lipinski definition) is 7. The van der Waals surface area contributed by atoms with E-state index in [4.69, 9.17) is 4.98 Å². The van der Waals surface area contributed by atoms with Gasteiger partial charge >= 0.3 is 0 Å². The van der Waals surface area contributed by atoms with Gasteiger partial charge < -0.3 is 25.1 Å². The monoisotopic (exact) mass is 622 g/mol. The Morgan fingerprint density at radius 3 is 2.36 bits per heavy atom. The Labute approximate surface area is 268 Å². The van der Waals surface area contributed by atoms with Crippen LogP contribution in [0.3, 0.4) is 0 Å². The van der Waals surface area contributed by atoms with Crippen LogP contribution in [0.15, 0.2) is 36.2 Å². The number of rotatable bonds is 2. The number of nitrogens with zero attached hydrogens (tertiary/aromatic N) is 5. The van der Waals surface area contributed by atoms with Crippen LogP contribution in [0.25, 0.3) is 6.08 Å². The van der Waals surface area contributed by atoms with Crippen molar-refractivity contribution in [3.63, 3.8) is 0 Å². The maximum absolute atomic E-state index is 15.9. The molecule has 0 amide bonds. The molecule has 0 aliphatic carbocycles. The molecule has 1 aromatic carbocycles. The average Bonchev–Trinajstić information content (AvgIpc) is 3.05. The van der Waals surface area contributed by atoms with Gasteiger partial charge in [0.2, 0.25) is 0 Å². The summed E-state index contributed by atoms with van der Waals surface area (Å²) in [6.07, 6.45) is 11.5. The lowest BCUT2D eigenvalue weighted by Crippen LogP contribution is -2.45. The Morgan fingerprint density at radius 2 is 1.62 bits per heavy atom.